The molecular weight excluding hydrogens is 428 g/mol. The lowest BCUT2D eigenvalue weighted by molar-refractivity contribution is 0.0600. The molecule has 3 aromatic rings. The van der Waals surface area contributed by atoms with Crippen LogP contribution in [-0.2, 0) is 4.74 Å². The van der Waals surface area contributed by atoms with Crippen molar-refractivity contribution in [1.29, 1.82) is 0 Å². The number of carbonyl (C=O) groups is 2. The molecule has 2 N–H and O–H groups in total. The van der Waals surface area contributed by atoms with Crippen LogP contribution in [0.15, 0.2) is 59.6 Å². The minimum Gasteiger partial charge on any atom is -0.491 e. The van der Waals surface area contributed by atoms with Crippen LogP contribution in [0.1, 0.15) is 33.6 Å². The lowest BCUT2D eigenvalue weighted by Gasteiger charge is -2.13. The van der Waals surface area contributed by atoms with Gasteiger partial charge in [0, 0.05) is 17.2 Å². The smallest absolute Gasteiger partial charge is 0.337 e. The molecule has 0 aliphatic heterocycles. The van der Waals surface area contributed by atoms with Crippen LogP contribution in [0.25, 0.3) is 10.9 Å². The number of aliphatic hydroxyl groups excluding tert-OH is 1. The van der Waals surface area contributed by atoms with Gasteiger partial charge in [-0.15, -0.1) is 11.8 Å². The Morgan fingerprint density at radius 2 is 1.94 bits per heavy atom. The van der Waals surface area contributed by atoms with Crippen LogP contribution in [0, 0.1) is 0 Å². The number of thioether (sulfide) groups is 1. The first-order chi connectivity index (χ1) is 15.5. The molecular formula is C24H24N2O5S. The molecule has 0 saturated heterocycles. The van der Waals surface area contributed by atoms with Crippen molar-refractivity contribution in [2.24, 2.45) is 0 Å². The topological polar surface area (TPSA) is 97.8 Å². The van der Waals surface area contributed by atoms with Crippen molar-refractivity contribution in [3.8, 4) is 5.75 Å². The molecule has 2 aromatic carbocycles. The quantitative estimate of drug-likeness (QED) is 0.379. The zero-order chi connectivity index (χ0) is 22.5. The fourth-order valence-electron chi connectivity index (χ4n) is 3.13. The average molecular weight is 453 g/mol. The predicted molar refractivity (Wildman–Crippen MR) is 122 cm³/mol. The summed E-state index contributed by atoms with van der Waals surface area (Å²) in [5.41, 5.74) is 1.77. The lowest BCUT2D eigenvalue weighted by atomic mass is 10.1. The van der Waals surface area contributed by atoms with Gasteiger partial charge >= 0.3 is 5.97 Å². The number of carbonyl (C=O) groups excluding carboxylic acids is 2. The number of methoxy groups -OCH3 is 1. The number of ether oxygens (including phenoxy) is 2. The van der Waals surface area contributed by atoms with Crippen LogP contribution < -0.4 is 10.1 Å². The van der Waals surface area contributed by atoms with Crippen molar-refractivity contribution in [2.75, 3.05) is 19.5 Å². The average Bonchev–Trinajstić information content (AvgIpc) is 3.64. The fraction of sp³-hybridized carbons (Fsp3) is 0.292. The summed E-state index contributed by atoms with van der Waals surface area (Å²) < 4.78 is 10.3. The number of benzene rings is 2. The Hall–Kier alpha value is -3.10. The summed E-state index contributed by atoms with van der Waals surface area (Å²) in [5, 5.41) is 14.9. The number of hydrogen-bond acceptors (Lipinski definition) is 7. The first-order valence-electron chi connectivity index (χ1n) is 10.4. The van der Waals surface area contributed by atoms with Crippen LogP contribution in [0.3, 0.4) is 0 Å². The zero-order valence-electron chi connectivity index (χ0n) is 17.6. The van der Waals surface area contributed by atoms with Crippen molar-refractivity contribution in [3.63, 3.8) is 0 Å². The molecule has 1 aliphatic rings. The van der Waals surface area contributed by atoms with Gasteiger partial charge in [0.05, 0.1) is 34.9 Å². The molecule has 1 saturated carbocycles. The summed E-state index contributed by atoms with van der Waals surface area (Å²) in [6.45, 7) is 0.0905. The molecule has 1 fully saturated rings. The monoisotopic (exact) mass is 452 g/mol. The number of fused-ring (bicyclic) bond motifs is 1. The number of esters is 1. The van der Waals surface area contributed by atoms with Gasteiger partial charge in [-0.3, -0.25) is 4.79 Å². The van der Waals surface area contributed by atoms with Gasteiger partial charge in [0.25, 0.3) is 5.91 Å². The number of para-hydroxylation sites is 1. The Bertz CT molecular complexity index is 1120. The Labute approximate surface area is 190 Å². The van der Waals surface area contributed by atoms with Crippen LogP contribution in [0.2, 0.25) is 0 Å². The van der Waals surface area contributed by atoms with Crippen LogP contribution in [0.5, 0.6) is 5.75 Å². The number of aliphatic hydroxyl groups is 1. The summed E-state index contributed by atoms with van der Waals surface area (Å²) in [5.74, 6) is 0.396. The molecule has 32 heavy (non-hydrogen) atoms. The minimum atomic E-state index is -0.739. The number of hydrogen-bond donors (Lipinski definition) is 2. The highest BCUT2D eigenvalue weighted by Gasteiger charge is 2.25. The van der Waals surface area contributed by atoms with E-state index in [1.165, 1.54) is 18.9 Å². The van der Waals surface area contributed by atoms with E-state index in [0.29, 0.717) is 27.7 Å². The van der Waals surface area contributed by atoms with E-state index in [2.05, 4.69) is 15.0 Å². The maximum Gasteiger partial charge on any atom is 0.337 e. The van der Waals surface area contributed by atoms with Gasteiger partial charge in [-0.25, -0.2) is 9.78 Å². The van der Waals surface area contributed by atoms with Gasteiger partial charge in [-0.2, -0.15) is 0 Å². The molecule has 1 atom stereocenters. The summed E-state index contributed by atoms with van der Waals surface area (Å²) in [7, 11) is 1.33. The first-order valence-corrected chi connectivity index (χ1v) is 11.3. The van der Waals surface area contributed by atoms with Gasteiger partial charge in [0.15, 0.2) is 0 Å². The normalized spacial score (nSPS) is 14.1. The minimum absolute atomic E-state index is 0.0905. The third-order valence-electron chi connectivity index (χ3n) is 4.99. The van der Waals surface area contributed by atoms with E-state index in [0.717, 1.165) is 23.7 Å². The second-order valence-electron chi connectivity index (χ2n) is 7.56. The van der Waals surface area contributed by atoms with Gasteiger partial charge in [-0.05, 0) is 49.2 Å². The van der Waals surface area contributed by atoms with Crippen LogP contribution in [-0.4, -0.2) is 53.6 Å². The number of rotatable bonds is 9. The number of pyridine rings is 1. The molecule has 1 amide bonds. The van der Waals surface area contributed by atoms with E-state index in [9.17, 15) is 14.7 Å². The number of nitrogens with zero attached hydrogens (tertiary/aromatic N) is 1. The van der Waals surface area contributed by atoms with Crippen molar-refractivity contribution in [3.05, 3.63) is 65.7 Å². The molecule has 4 rings (SSSR count). The van der Waals surface area contributed by atoms with Crippen molar-refractivity contribution >= 4 is 34.5 Å². The number of amides is 1. The second kappa shape index (κ2) is 10.0. The fourth-order valence-corrected chi connectivity index (χ4v) is 3.95. The molecule has 166 valence electrons. The van der Waals surface area contributed by atoms with Gasteiger partial charge in [-0.1, -0.05) is 18.2 Å². The third kappa shape index (κ3) is 5.57. The van der Waals surface area contributed by atoms with Crippen LogP contribution in [0.4, 0.5) is 0 Å². The highest BCUT2D eigenvalue weighted by molar-refractivity contribution is 7.99. The molecule has 7 nitrogen and oxygen atoms in total. The molecule has 0 bridgehead atoms. The number of nitrogens with one attached hydrogen (secondary N) is 1. The molecule has 1 heterocycles. The maximum absolute atomic E-state index is 12.7. The summed E-state index contributed by atoms with van der Waals surface area (Å²) in [4.78, 5) is 28.8. The lowest BCUT2D eigenvalue weighted by Crippen LogP contribution is -2.25. The van der Waals surface area contributed by atoms with Crippen molar-refractivity contribution in [1.82, 2.24) is 10.3 Å². The highest BCUT2D eigenvalue weighted by atomic mass is 32.2. The maximum atomic E-state index is 12.7. The molecule has 1 unspecified atom stereocenters. The Morgan fingerprint density at radius 3 is 2.66 bits per heavy atom. The standard InChI is InChI=1S/C24H24N2O5S/c1-30-24(29)15-6-10-18(11-7-15)31-13-17(27)14-32-22-12-20(23(28)25-16-8-9-16)19-4-2-3-5-21(19)26-22/h2-7,10-12,16-17,27H,8-9,13-14H2,1H3,(H,25,28). The Balaban J connectivity index is 1.37. The summed E-state index contributed by atoms with van der Waals surface area (Å²) in [6.07, 6.45) is 1.30. The summed E-state index contributed by atoms with van der Waals surface area (Å²) >= 11 is 1.37. The van der Waals surface area contributed by atoms with Crippen molar-refractivity contribution < 1.29 is 24.2 Å². The third-order valence-corrected chi connectivity index (χ3v) is 6.05. The second-order valence-corrected chi connectivity index (χ2v) is 8.61. The number of aromatic nitrogens is 1. The molecule has 8 heteroatoms. The van der Waals surface area contributed by atoms with Crippen molar-refractivity contribution in [2.45, 2.75) is 30.0 Å². The van der Waals surface area contributed by atoms with E-state index >= 15 is 0 Å². The predicted octanol–water partition coefficient (Wildman–Crippen LogP) is 3.45. The Morgan fingerprint density at radius 1 is 1.19 bits per heavy atom. The van der Waals surface area contributed by atoms with Gasteiger partial charge in [0.1, 0.15) is 12.4 Å². The molecule has 1 aromatic heterocycles. The van der Waals surface area contributed by atoms with Gasteiger partial charge in [0.2, 0.25) is 0 Å². The van der Waals surface area contributed by atoms with E-state index in [1.807, 2.05) is 24.3 Å². The van der Waals surface area contributed by atoms with Gasteiger partial charge < -0.3 is 19.9 Å². The van der Waals surface area contributed by atoms with Crippen LogP contribution >= 0.6 is 11.8 Å². The molecule has 0 spiro atoms. The highest BCUT2D eigenvalue weighted by Crippen LogP contribution is 2.26. The summed E-state index contributed by atoms with van der Waals surface area (Å²) in [6, 6.07) is 16.1. The van der Waals surface area contributed by atoms with E-state index in [-0.39, 0.29) is 18.6 Å². The zero-order valence-corrected chi connectivity index (χ0v) is 18.4. The molecule has 1 aliphatic carbocycles. The van der Waals surface area contributed by atoms with E-state index < -0.39 is 12.1 Å². The first kappa shape index (κ1) is 22.1. The largest absolute Gasteiger partial charge is 0.491 e. The van der Waals surface area contributed by atoms with E-state index in [1.54, 1.807) is 30.3 Å². The Kier molecular flexibility index (Phi) is 6.92. The SMILES string of the molecule is COC(=O)c1ccc(OCC(O)CSc2cc(C(=O)NC3CC3)c3ccccc3n2)cc1. The molecule has 0 radical (unpaired) electrons. The van der Waals surface area contributed by atoms with E-state index in [4.69, 9.17) is 4.74 Å².